The second kappa shape index (κ2) is 16.1. The van der Waals surface area contributed by atoms with Gasteiger partial charge >= 0.3 is 5.97 Å². The predicted molar refractivity (Wildman–Crippen MR) is 208 cm³/mol. The van der Waals surface area contributed by atoms with Crippen LogP contribution in [-0.4, -0.2) is 163 Å². The molecule has 1 amide bonds. The third kappa shape index (κ3) is 6.69. The highest BCUT2D eigenvalue weighted by atomic mass is 16.7. The van der Waals surface area contributed by atoms with E-state index in [0.29, 0.717) is 6.42 Å². The molecule has 10 N–H and O–H groups in total. The average molecular weight is 867 g/mol. The third-order valence-corrected chi connectivity index (χ3v) is 12.5. The molecule has 0 bridgehead atoms. The van der Waals surface area contributed by atoms with Gasteiger partial charge in [-0.05, 0) is 62.6 Å². The second-order valence-corrected chi connectivity index (χ2v) is 16.1. The summed E-state index contributed by atoms with van der Waals surface area (Å²) in [5, 5.41) is 103. The molecular formula is C42H46N2O18. The van der Waals surface area contributed by atoms with Crippen LogP contribution in [0.5, 0.6) is 23.0 Å². The van der Waals surface area contributed by atoms with Crippen molar-refractivity contribution >= 4 is 23.4 Å². The van der Waals surface area contributed by atoms with E-state index in [1.54, 1.807) is 14.0 Å². The van der Waals surface area contributed by atoms with Gasteiger partial charge in [0.25, 0.3) is 5.91 Å². The average Bonchev–Trinajstić information content (AvgIpc) is 3.74. The molecule has 332 valence electrons. The Morgan fingerprint density at radius 3 is 2.19 bits per heavy atom. The number of nitrogens with zero attached hydrogens (tertiary/aromatic N) is 1. The van der Waals surface area contributed by atoms with Gasteiger partial charge in [-0.25, -0.2) is 4.79 Å². The Balaban J connectivity index is 1.27. The number of ketones is 2. The van der Waals surface area contributed by atoms with Crippen LogP contribution in [0.1, 0.15) is 90.9 Å². The lowest BCUT2D eigenvalue weighted by Crippen LogP contribution is -2.65. The van der Waals surface area contributed by atoms with E-state index in [4.69, 9.17) is 23.7 Å². The van der Waals surface area contributed by atoms with Crippen molar-refractivity contribution in [1.29, 1.82) is 0 Å². The lowest BCUT2D eigenvalue weighted by molar-refractivity contribution is -0.339. The first-order chi connectivity index (χ1) is 29.4. The van der Waals surface area contributed by atoms with Crippen LogP contribution < -0.4 is 10.1 Å². The maximum Gasteiger partial charge on any atom is 0.326 e. The molecule has 20 nitrogen and oxygen atoms in total. The zero-order valence-corrected chi connectivity index (χ0v) is 33.7. The van der Waals surface area contributed by atoms with E-state index < -0.39 is 137 Å². The molecule has 2 aliphatic carbocycles. The Morgan fingerprint density at radius 2 is 1.52 bits per heavy atom. The van der Waals surface area contributed by atoms with Crippen molar-refractivity contribution in [2.75, 3.05) is 27.3 Å². The SMILES string of the molecule is CN[C@@H]1[C@H](O[C@@H]2OC[C@@H](O)[C@H](O)[C@H]2O)[C@@H](O)[C@H](OC2c3cc(C)c(C(=O)N4CCC[C@@H]4C(=O)O)c(O)c3-c3c(cc4c(c3O)C(=O)c3cc(OC)cc(O)c3C4=O)C2O)O[C@@H]1C. The van der Waals surface area contributed by atoms with Crippen LogP contribution in [0.2, 0.25) is 0 Å². The molecule has 8 rings (SSSR count). The van der Waals surface area contributed by atoms with Crippen LogP contribution in [0.25, 0.3) is 11.1 Å². The van der Waals surface area contributed by atoms with Crippen LogP contribution in [0.3, 0.4) is 0 Å². The van der Waals surface area contributed by atoms with E-state index in [1.165, 1.54) is 26.2 Å². The number of nitrogens with one attached hydrogen (secondary N) is 1. The summed E-state index contributed by atoms with van der Waals surface area (Å²) in [4.78, 5) is 55.7. The van der Waals surface area contributed by atoms with Gasteiger partial charge in [0.2, 0.25) is 0 Å². The maximum absolute atomic E-state index is 14.2. The van der Waals surface area contributed by atoms with Crippen LogP contribution >= 0.6 is 0 Å². The summed E-state index contributed by atoms with van der Waals surface area (Å²) in [6, 6.07) is 2.76. The maximum atomic E-state index is 14.2. The monoisotopic (exact) mass is 866 g/mol. The number of aliphatic hydroxyl groups is 5. The minimum Gasteiger partial charge on any atom is -0.507 e. The zero-order valence-electron chi connectivity index (χ0n) is 33.7. The molecule has 12 atom stereocenters. The molecule has 2 unspecified atom stereocenters. The summed E-state index contributed by atoms with van der Waals surface area (Å²) in [6.07, 6.45) is -15.0. The normalized spacial score (nSPS) is 31.5. The van der Waals surface area contributed by atoms with Gasteiger partial charge in [-0.3, -0.25) is 14.4 Å². The largest absolute Gasteiger partial charge is 0.507 e. The number of benzene rings is 3. The van der Waals surface area contributed by atoms with Crippen LogP contribution in [0.15, 0.2) is 24.3 Å². The first-order valence-corrected chi connectivity index (χ1v) is 19.9. The number of hydrogen-bond donors (Lipinski definition) is 10. The Hall–Kier alpha value is -5.26. The highest BCUT2D eigenvalue weighted by Crippen LogP contribution is 2.57. The Morgan fingerprint density at radius 1 is 0.839 bits per heavy atom. The number of carboxylic acids is 1. The number of aliphatic hydroxyl groups excluding tert-OH is 5. The summed E-state index contributed by atoms with van der Waals surface area (Å²) in [5.74, 6) is -6.20. The van der Waals surface area contributed by atoms with E-state index in [0.717, 1.165) is 17.0 Å². The van der Waals surface area contributed by atoms with Gasteiger partial charge in [-0.2, -0.15) is 0 Å². The fraction of sp³-hybridized carbons (Fsp3) is 0.476. The highest BCUT2D eigenvalue weighted by Gasteiger charge is 2.51. The fourth-order valence-corrected chi connectivity index (χ4v) is 9.36. The van der Waals surface area contributed by atoms with Crippen molar-refractivity contribution in [1.82, 2.24) is 10.2 Å². The number of carboxylic acid groups (broad SMARTS) is 1. The smallest absolute Gasteiger partial charge is 0.326 e. The third-order valence-electron chi connectivity index (χ3n) is 12.5. The number of ether oxygens (including phenoxy) is 5. The minimum atomic E-state index is -1.88. The van der Waals surface area contributed by atoms with E-state index in [9.17, 15) is 65.1 Å². The van der Waals surface area contributed by atoms with Crippen molar-refractivity contribution in [3.8, 4) is 34.1 Å². The number of phenols is 3. The molecule has 3 aromatic rings. The molecule has 5 aliphatic rings. The molecule has 0 spiro atoms. The topological polar surface area (TPSA) is 312 Å². The van der Waals surface area contributed by atoms with Gasteiger partial charge < -0.3 is 79.9 Å². The van der Waals surface area contributed by atoms with Gasteiger partial charge in [0.1, 0.15) is 71.8 Å². The Labute approximate surface area is 352 Å². The zero-order chi connectivity index (χ0) is 44.8. The number of aryl methyl sites for hydroxylation is 1. The number of hydrogen-bond acceptors (Lipinski definition) is 18. The second-order valence-electron chi connectivity index (χ2n) is 16.1. The molecule has 20 heteroatoms. The number of likely N-dealkylation sites (N-methyl/N-ethyl adjacent to an activating group) is 1. The number of methoxy groups -OCH3 is 1. The fourth-order valence-electron chi connectivity index (χ4n) is 9.36. The minimum absolute atomic E-state index is 0.0239. The van der Waals surface area contributed by atoms with E-state index >= 15 is 0 Å². The Bertz CT molecular complexity index is 2370. The summed E-state index contributed by atoms with van der Waals surface area (Å²) in [5.41, 5.74) is -3.04. The van der Waals surface area contributed by atoms with Crippen molar-refractivity contribution in [2.24, 2.45) is 0 Å². The number of carbonyl (C=O) groups excluding carboxylic acids is 3. The van der Waals surface area contributed by atoms with Gasteiger partial charge in [0.05, 0.1) is 42.6 Å². The molecule has 3 saturated heterocycles. The highest BCUT2D eigenvalue weighted by molar-refractivity contribution is 6.31. The summed E-state index contributed by atoms with van der Waals surface area (Å²) >= 11 is 0. The molecule has 3 heterocycles. The molecule has 0 aromatic heterocycles. The molecule has 3 aromatic carbocycles. The number of aliphatic carboxylic acids is 1. The molecule has 0 saturated carbocycles. The van der Waals surface area contributed by atoms with E-state index in [1.807, 2.05) is 0 Å². The van der Waals surface area contributed by atoms with Gasteiger partial charge in [0.15, 0.2) is 24.1 Å². The number of phenolic OH excluding ortho intramolecular Hbond substituents is 3. The van der Waals surface area contributed by atoms with Gasteiger partial charge in [-0.15, -0.1) is 0 Å². The van der Waals surface area contributed by atoms with Crippen molar-refractivity contribution in [3.05, 3.63) is 68.8 Å². The van der Waals surface area contributed by atoms with Crippen LogP contribution in [0, 0.1) is 6.92 Å². The summed E-state index contributed by atoms with van der Waals surface area (Å²) in [6.45, 7) is 2.69. The van der Waals surface area contributed by atoms with Gasteiger partial charge in [-0.1, -0.05) is 6.07 Å². The Kier molecular flexibility index (Phi) is 11.3. The number of fused-ring (bicyclic) bond motifs is 5. The van der Waals surface area contributed by atoms with Crippen LogP contribution in [0.4, 0.5) is 0 Å². The molecule has 3 aliphatic heterocycles. The lowest BCUT2D eigenvalue weighted by Gasteiger charge is -2.47. The van der Waals surface area contributed by atoms with Crippen molar-refractivity contribution in [2.45, 2.75) is 100 Å². The summed E-state index contributed by atoms with van der Waals surface area (Å²) < 4.78 is 29.1. The molecular weight excluding hydrogens is 820 g/mol. The number of carbonyl (C=O) groups is 4. The lowest BCUT2D eigenvalue weighted by atomic mass is 9.74. The number of amides is 1. The van der Waals surface area contributed by atoms with Gasteiger partial charge in [0, 0.05) is 34.9 Å². The molecule has 62 heavy (non-hydrogen) atoms. The molecule has 0 radical (unpaired) electrons. The standard InChI is InChI=1S/C42H46N2O18/c1-13-8-19-26(33(51)23(13)39(55)44-7-5-6-20(44)40(56)57)25-17(11-18-27(34(25)52)30(48)16-9-15(58-4)10-21(45)24(16)29(18)47)31(49)37(19)61-42-36(54)38(28(43-3)14(2)60-42)62-41-35(53)32(50)22(46)12-59-41/h8-11,14,20,22,28,31-32,35-38,41-43,45-46,49-54H,5-7,12H2,1-4H3,(H,56,57)/t14-,20-,22-,28+,31?,32+,35-,36-,37?,38+,41+,42+/m1/s1. The van der Waals surface area contributed by atoms with Crippen LogP contribution in [-0.2, 0) is 23.7 Å². The van der Waals surface area contributed by atoms with Crippen molar-refractivity contribution in [3.63, 3.8) is 0 Å². The number of likely N-dealkylation sites (tertiary alicyclic amines) is 1. The quantitative estimate of drug-likeness (QED) is 0.110. The van der Waals surface area contributed by atoms with E-state index in [-0.39, 0.29) is 57.7 Å². The predicted octanol–water partition coefficient (Wildman–Crippen LogP) is -0.125. The first-order valence-electron chi connectivity index (χ1n) is 19.9. The summed E-state index contributed by atoms with van der Waals surface area (Å²) in [7, 11) is 2.82. The first kappa shape index (κ1) is 43.4. The number of aromatic hydroxyl groups is 3. The van der Waals surface area contributed by atoms with Crippen molar-refractivity contribution < 1.29 is 88.8 Å². The molecule has 3 fully saturated rings. The number of rotatable bonds is 8. The van der Waals surface area contributed by atoms with E-state index in [2.05, 4.69) is 5.32 Å².